The molecule has 220 valence electrons. The van der Waals surface area contributed by atoms with Gasteiger partial charge in [0.15, 0.2) is 11.6 Å². The second kappa shape index (κ2) is 17.0. The summed E-state index contributed by atoms with van der Waals surface area (Å²) in [6.07, 6.45) is 3.47. The zero-order valence-electron chi connectivity index (χ0n) is 22.9. The van der Waals surface area contributed by atoms with E-state index in [-0.39, 0.29) is 0 Å². The summed E-state index contributed by atoms with van der Waals surface area (Å²) in [5, 5.41) is 19.2. The molecule has 0 saturated carbocycles. The molecule has 12 heteroatoms. The van der Waals surface area contributed by atoms with Crippen LogP contribution in [-0.4, -0.2) is 72.3 Å². The molecule has 0 aliphatic carbocycles. The van der Waals surface area contributed by atoms with Gasteiger partial charge in [-0.15, -0.1) is 56.6 Å². The Morgan fingerprint density at radius 1 is 0.548 bits per heavy atom. The highest BCUT2D eigenvalue weighted by atomic mass is 35.5. The van der Waals surface area contributed by atoms with Gasteiger partial charge in [0.25, 0.3) is 0 Å². The van der Waals surface area contributed by atoms with E-state index in [0.717, 1.165) is 59.5 Å². The van der Waals surface area contributed by atoms with Crippen molar-refractivity contribution >= 4 is 92.6 Å². The number of anilines is 4. The monoisotopic (exact) mass is 644 g/mol. The van der Waals surface area contributed by atoms with Crippen molar-refractivity contribution in [2.45, 2.75) is 0 Å². The van der Waals surface area contributed by atoms with Gasteiger partial charge in [0, 0.05) is 71.8 Å². The predicted octanol–water partition coefficient (Wildman–Crippen LogP) is 7.09. The van der Waals surface area contributed by atoms with Crippen LogP contribution < -0.4 is 20.7 Å². The van der Waals surface area contributed by atoms with Crippen molar-refractivity contribution in [1.29, 1.82) is 0 Å². The molecule has 0 unspecified atom stereocenters. The minimum absolute atomic E-state index is 0.539. The zero-order chi connectivity index (χ0) is 29.6. The van der Waals surface area contributed by atoms with E-state index in [1.807, 2.05) is 72.8 Å². The molecule has 4 aromatic rings. The SMILES string of the molecule is ClCCN(CCCl)c1ccc(/C=N\Nc2nnc(N/N=C/c3ccc(N(CCCl)CCCl)cc3)c3ccccc23)cc1. The molecule has 0 spiro atoms. The molecule has 0 atom stereocenters. The van der Waals surface area contributed by atoms with Crippen LogP contribution in [0.5, 0.6) is 0 Å². The van der Waals surface area contributed by atoms with E-state index >= 15 is 0 Å². The van der Waals surface area contributed by atoms with Gasteiger partial charge < -0.3 is 9.80 Å². The van der Waals surface area contributed by atoms with E-state index < -0.39 is 0 Å². The molecule has 0 amide bonds. The Morgan fingerprint density at radius 3 is 1.24 bits per heavy atom. The lowest BCUT2D eigenvalue weighted by atomic mass is 10.2. The average molecular weight is 646 g/mol. The zero-order valence-corrected chi connectivity index (χ0v) is 26.0. The van der Waals surface area contributed by atoms with Gasteiger partial charge in [-0.05, 0) is 35.4 Å². The number of nitrogens with zero attached hydrogens (tertiary/aromatic N) is 6. The molecule has 0 radical (unpaired) electrons. The molecule has 0 aliphatic heterocycles. The van der Waals surface area contributed by atoms with Gasteiger partial charge >= 0.3 is 0 Å². The van der Waals surface area contributed by atoms with Crippen molar-refractivity contribution in [3.8, 4) is 0 Å². The van der Waals surface area contributed by atoms with E-state index in [1.54, 1.807) is 12.4 Å². The first kappa shape index (κ1) is 31.6. The molecule has 3 aromatic carbocycles. The van der Waals surface area contributed by atoms with E-state index in [2.05, 4.69) is 41.1 Å². The molecule has 0 saturated heterocycles. The molecule has 1 heterocycles. The summed E-state index contributed by atoms with van der Waals surface area (Å²) in [7, 11) is 0. The van der Waals surface area contributed by atoms with Crippen LogP contribution in [0.3, 0.4) is 0 Å². The Bertz CT molecular complexity index is 1330. The van der Waals surface area contributed by atoms with E-state index in [1.165, 1.54) is 0 Å². The summed E-state index contributed by atoms with van der Waals surface area (Å²) >= 11 is 23.7. The van der Waals surface area contributed by atoms with Crippen LogP contribution in [0.15, 0.2) is 83.0 Å². The molecule has 1 aromatic heterocycles. The lowest BCUT2D eigenvalue weighted by Crippen LogP contribution is -2.27. The lowest BCUT2D eigenvalue weighted by Gasteiger charge is -2.22. The van der Waals surface area contributed by atoms with Crippen molar-refractivity contribution in [1.82, 2.24) is 10.2 Å². The van der Waals surface area contributed by atoms with Gasteiger partial charge in [-0.3, -0.25) is 10.9 Å². The fraction of sp³-hybridized carbons (Fsp3) is 0.267. The number of fused-ring (bicyclic) bond motifs is 1. The number of hydrogen-bond donors (Lipinski definition) is 2. The minimum Gasteiger partial charge on any atom is -0.369 e. The highest BCUT2D eigenvalue weighted by Gasteiger charge is 2.09. The molecule has 0 fully saturated rings. The van der Waals surface area contributed by atoms with Crippen molar-refractivity contribution in [2.75, 3.05) is 70.4 Å². The predicted molar refractivity (Wildman–Crippen MR) is 182 cm³/mol. The van der Waals surface area contributed by atoms with Crippen molar-refractivity contribution in [3.63, 3.8) is 0 Å². The smallest absolute Gasteiger partial charge is 0.176 e. The standard InChI is InChI=1S/C30H32Cl4N8/c31-13-17-41(18-14-32)25-9-5-23(6-10-25)21-35-37-29-27-3-1-2-4-28(27)30(40-39-29)38-36-22-24-7-11-26(12-8-24)42(19-15-33)20-16-34/h1-12,21-22H,13-20H2,(H,37,39)(H,38,40)/b35-21-,36-22+. The summed E-state index contributed by atoms with van der Waals surface area (Å²) in [4.78, 5) is 4.30. The van der Waals surface area contributed by atoms with E-state index in [4.69, 9.17) is 46.4 Å². The third-order valence-corrected chi connectivity index (χ3v) is 7.07. The van der Waals surface area contributed by atoms with Crippen LogP contribution >= 0.6 is 46.4 Å². The Balaban J connectivity index is 1.41. The Labute approximate surface area is 266 Å². The van der Waals surface area contributed by atoms with Gasteiger partial charge in [0.05, 0.1) is 12.4 Å². The van der Waals surface area contributed by atoms with Gasteiger partial charge in [-0.25, -0.2) is 0 Å². The summed E-state index contributed by atoms with van der Waals surface area (Å²) in [5.74, 6) is 3.24. The number of benzene rings is 3. The number of hydrogen-bond acceptors (Lipinski definition) is 8. The fourth-order valence-corrected chi connectivity index (χ4v) is 5.11. The highest BCUT2D eigenvalue weighted by Crippen LogP contribution is 2.26. The number of rotatable bonds is 16. The first-order chi connectivity index (χ1) is 20.7. The molecular formula is C30H32Cl4N8. The van der Waals surface area contributed by atoms with Crippen LogP contribution in [0.4, 0.5) is 23.0 Å². The van der Waals surface area contributed by atoms with Crippen molar-refractivity contribution in [3.05, 3.63) is 83.9 Å². The third kappa shape index (κ3) is 8.85. The van der Waals surface area contributed by atoms with E-state index in [0.29, 0.717) is 35.2 Å². The van der Waals surface area contributed by atoms with Gasteiger partial charge in [-0.2, -0.15) is 10.2 Å². The maximum atomic E-state index is 5.93. The number of alkyl halides is 4. The number of nitrogens with one attached hydrogen (secondary N) is 2. The summed E-state index contributed by atoms with van der Waals surface area (Å²) in [6.45, 7) is 2.95. The molecular weight excluding hydrogens is 614 g/mol. The average Bonchev–Trinajstić information content (AvgIpc) is 3.02. The largest absolute Gasteiger partial charge is 0.369 e. The van der Waals surface area contributed by atoms with Crippen LogP contribution in [0.2, 0.25) is 0 Å². The summed E-state index contributed by atoms with van der Waals surface area (Å²) < 4.78 is 0. The lowest BCUT2D eigenvalue weighted by molar-refractivity contribution is 0.874. The maximum Gasteiger partial charge on any atom is 0.176 e. The van der Waals surface area contributed by atoms with Crippen LogP contribution in [-0.2, 0) is 0 Å². The summed E-state index contributed by atoms with van der Waals surface area (Å²) in [6, 6.07) is 23.9. The normalized spacial score (nSPS) is 11.4. The molecule has 42 heavy (non-hydrogen) atoms. The number of aromatic nitrogens is 2. The topological polar surface area (TPSA) is 81.0 Å². The van der Waals surface area contributed by atoms with Gasteiger partial charge in [0.2, 0.25) is 0 Å². The minimum atomic E-state index is 0.539. The molecule has 8 nitrogen and oxygen atoms in total. The first-order valence-electron chi connectivity index (χ1n) is 13.4. The van der Waals surface area contributed by atoms with Crippen LogP contribution in [0.25, 0.3) is 10.8 Å². The number of halogens is 4. The number of hydrazone groups is 2. The molecule has 0 aliphatic rings. The second-order valence-electron chi connectivity index (χ2n) is 9.10. The van der Waals surface area contributed by atoms with E-state index in [9.17, 15) is 0 Å². The quantitative estimate of drug-likeness (QED) is 0.0769. The van der Waals surface area contributed by atoms with Crippen molar-refractivity contribution < 1.29 is 0 Å². The Kier molecular flexibility index (Phi) is 12.8. The van der Waals surface area contributed by atoms with Crippen LogP contribution in [0.1, 0.15) is 11.1 Å². The highest BCUT2D eigenvalue weighted by molar-refractivity contribution is 6.19. The maximum absolute atomic E-state index is 5.93. The second-order valence-corrected chi connectivity index (χ2v) is 10.6. The first-order valence-corrected chi connectivity index (χ1v) is 15.6. The molecule has 4 rings (SSSR count). The fourth-order valence-electron chi connectivity index (χ4n) is 4.30. The summed E-state index contributed by atoms with van der Waals surface area (Å²) in [5.41, 5.74) is 10.0. The molecule has 2 N–H and O–H groups in total. The Morgan fingerprint density at radius 2 is 0.905 bits per heavy atom. The Hall–Kier alpha value is -3.30. The van der Waals surface area contributed by atoms with Gasteiger partial charge in [0.1, 0.15) is 0 Å². The van der Waals surface area contributed by atoms with Crippen LogP contribution in [0, 0.1) is 0 Å². The third-order valence-electron chi connectivity index (χ3n) is 6.39. The van der Waals surface area contributed by atoms with Crippen molar-refractivity contribution in [2.24, 2.45) is 10.2 Å². The molecule has 0 bridgehead atoms. The van der Waals surface area contributed by atoms with Gasteiger partial charge in [-0.1, -0.05) is 48.5 Å².